The predicted molar refractivity (Wildman–Crippen MR) is 83.7 cm³/mol. The number of ether oxygens (including phenoxy) is 1. The molecule has 0 atom stereocenters. The second kappa shape index (κ2) is 5.58. The number of phenolic OH excluding ortho intramolecular Hbond substituents is 1. The lowest BCUT2D eigenvalue weighted by Crippen LogP contribution is -1.93. The van der Waals surface area contributed by atoms with Crippen molar-refractivity contribution in [2.24, 2.45) is 0 Å². The molecular weight excluding hydrogens is 248 g/mol. The predicted octanol–water partition coefficient (Wildman–Crippen LogP) is 4.81. The number of benzene rings is 2. The molecule has 2 heteroatoms. The van der Waals surface area contributed by atoms with Crippen molar-refractivity contribution < 1.29 is 9.84 Å². The van der Waals surface area contributed by atoms with Crippen LogP contribution in [0.3, 0.4) is 0 Å². The topological polar surface area (TPSA) is 29.5 Å². The summed E-state index contributed by atoms with van der Waals surface area (Å²) in [6, 6.07) is 10.3. The minimum atomic E-state index is 0.210. The number of rotatable bonds is 3. The van der Waals surface area contributed by atoms with Crippen molar-refractivity contribution in [1.29, 1.82) is 0 Å². The van der Waals surface area contributed by atoms with Gasteiger partial charge in [0, 0.05) is 5.56 Å². The van der Waals surface area contributed by atoms with Crippen LogP contribution < -0.4 is 4.74 Å². The monoisotopic (exact) mass is 270 g/mol. The Bertz CT molecular complexity index is 628. The largest absolute Gasteiger partial charge is 0.504 e. The first kappa shape index (κ1) is 14.4. The Hall–Kier alpha value is -1.96. The average Bonchev–Trinajstić information content (AvgIpc) is 2.41. The fourth-order valence-electron chi connectivity index (χ4n) is 2.40. The van der Waals surface area contributed by atoms with E-state index in [1.807, 2.05) is 19.1 Å². The van der Waals surface area contributed by atoms with Crippen LogP contribution in [0, 0.1) is 13.8 Å². The Kier molecular flexibility index (Phi) is 4.03. The lowest BCUT2D eigenvalue weighted by molar-refractivity contribution is 0.374. The van der Waals surface area contributed by atoms with Gasteiger partial charge in [0.25, 0.3) is 0 Å². The summed E-state index contributed by atoms with van der Waals surface area (Å²) in [5, 5.41) is 10.4. The molecule has 0 radical (unpaired) electrons. The number of aromatic hydroxyl groups is 1. The third-order valence-electron chi connectivity index (χ3n) is 3.66. The molecule has 0 bridgehead atoms. The number of phenols is 1. The molecule has 0 aromatic heterocycles. The van der Waals surface area contributed by atoms with E-state index < -0.39 is 0 Å². The Balaban J connectivity index is 2.67. The summed E-state index contributed by atoms with van der Waals surface area (Å²) in [6.07, 6.45) is 0. The van der Waals surface area contributed by atoms with Crippen LogP contribution in [-0.4, -0.2) is 12.2 Å². The van der Waals surface area contributed by atoms with Crippen LogP contribution in [0.15, 0.2) is 30.3 Å². The molecule has 0 heterocycles. The molecule has 0 unspecified atom stereocenters. The Labute approximate surface area is 121 Å². The van der Waals surface area contributed by atoms with Gasteiger partial charge in [-0.05, 0) is 54.2 Å². The van der Waals surface area contributed by atoms with Crippen LogP contribution in [0.5, 0.6) is 11.5 Å². The highest BCUT2D eigenvalue weighted by atomic mass is 16.5. The van der Waals surface area contributed by atoms with Crippen LogP contribution in [0.1, 0.15) is 36.5 Å². The standard InChI is InChI=1S/C18H22O2/c1-11(2)14-7-6-13(4)15(10-14)16-8-12(3)9-17(20-5)18(16)19/h6-11,19H,1-5H3. The Morgan fingerprint density at radius 3 is 2.30 bits per heavy atom. The van der Waals surface area contributed by atoms with Gasteiger partial charge < -0.3 is 9.84 Å². The average molecular weight is 270 g/mol. The molecule has 106 valence electrons. The van der Waals surface area contributed by atoms with Crippen molar-refractivity contribution in [2.45, 2.75) is 33.6 Å². The summed E-state index contributed by atoms with van der Waals surface area (Å²) in [4.78, 5) is 0. The normalized spacial score (nSPS) is 10.9. The molecule has 2 aromatic carbocycles. The van der Waals surface area contributed by atoms with Crippen molar-refractivity contribution in [3.05, 3.63) is 47.0 Å². The second-order valence-electron chi connectivity index (χ2n) is 5.59. The summed E-state index contributed by atoms with van der Waals surface area (Å²) >= 11 is 0. The van der Waals surface area contributed by atoms with Gasteiger partial charge in [0.2, 0.25) is 0 Å². The van der Waals surface area contributed by atoms with Crippen LogP contribution in [0.4, 0.5) is 0 Å². The Morgan fingerprint density at radius 1 is 1.00 bits per heavy atom. The molecular formula is C18H22O2. The molecule has 0 aliphatic carbocycles. The van der Waals surface area contributed by atoms with E-state index in [1.54, 1.807) is 7.11 Å². The molecule has 0 aliphatic heterocycles. The van der Waals surface area contributed by atoms with Crippen molar-refractivity contribution >= 4 is 0 Å². The van der Waals surface area contributed by atoms with Gasteiger partial charge in [-0.1, -0.05) is 32.0 Å². The van der Waals surface area contributed by atoms with Crippen molar-refractivity contribution in [3.63, 3.8) is 0 Å². The minimum absolute atomic E-state index is 0.210. The highest BCUT2D eigenvalue weighted by molar-refractivity contribution is 5.77. The molecule has 0 aliphatic rings. The summed E-state index contributed by atoms with van der Waals surface area (Å²) in [6.45, 7) is 8.41. The van der Waals surface area contributed by atoms with E-state index >= 15 is 0 Å². The maximum Gasteiger partial charge on any atom is 0.165 e. The van der Waals surface area contributed by atoms with Gasteiger partial charge in [0.1, 0.15) is 0 Å². The van der Waals surface area contributed by atoms with E-state index in [0.717, 1.165) is 22.3 Å². The zero-order chi connectivity index (χ0) is 14.9. The number of hydrogen-bond acceptors (Lipinski definition) is 2. The lowest BCUT2D eigenvalue weighted by atomic mass is 9.92. The molecule has 0 spiro atoms. The first-order valence-electron chi connectivity index (χ1n) is 6.92. The molecule has 2 nitrogen and oxygen atoms in total. The summed E-state index contributed by atoms with van der Waals surface area (Å²) in [7, 11) is 1.58. The van der Waals surface area contributed by atoms with Crippen LogP contribution in [-0.2, 0) is 0 Å². The van der Waals surface area contributed by atoms with Gasteiger partial charge in [-0.25, -0.2) is 0 Å². The number of aryl methyl sites for hydroxylation is 2. The van der Waals surface area contributed by atoms with E-state index in [0.29, 0.717) is 11.7 Å². The van der Waals surface area contributed by atoms with E-state index in [9.17, 15) is 5.11 Å². The highest BCUT2D eigenvalue weighted by Crippen LogP contribution is 2.40. The molecule has 20 heavy (non-hydrogen) atoms. The summed E-state index contributed by atoms with van der Waals surface area (Å²) in [5.74, 6) is 1.19. The first-order valence-corrected chi connectivity index (χ1v) is 6.92. The van der Waals surface area contributed by atoms with Gasteiger partial charge in [-0.2, -0.15) is 0 Å². The molecule has 0 saturated carbocycles. The van der Waals surface area contributed by atoms with Crippen LogP contribution in [0.25, 0.3) is 11.1 Å². The maximum atomic E-state index is 10.4. The van der Waals surface area contributed by atoms with Gasteiger partial charge in [-0.15, -0.1) is 0 Å². The molecule has 1 N–H and O–H groups in total. The molecule has 0 saturated heterocycles. The molecule has 0 fully saturated rings. The van der Waals surface area contributed by atoms with Crippen molar-refractivity contribution in [2.75, 3.05) is 7.11 Å². The van der Waals surface area contributed by atoms with Crippen molar-refractivity contribution in [1.82, 2.24) is 0 Å². The number of hydrogen-bond donors (Lipinski definition) is 1. The number of methoxy groups -OCH3 is 1. The first-order chi connectivity index (χ1) is 9.43. The fourth-order valence-corrected chi connectivity index (χ4v) is 2.40. The molecule has 2 aromatic rings. The third-order valence-corrected chi connectivity index (χ3v) is 3.66. The fraction of sp³-hybridized carbons (Fsp3) is 0.333. The lowest BCUT2D eigenvalue weighted by Gasteiger charge is -2.15. The smallest absolute Gasteiger partial charge is 0.165 e. The zero-order valence-electron chi connectivity index (χ0n) is 12.8. The molecule has 0 amide bonds. The quantitative estimate of drug-likeness (QED) is 0.867. The van der Waals surface area contributed by atoms with Gasteiger partial charge in [-0.3, -0.25) is 0 Å². The van der Waals surface area contributed by atoms with E-state index in [1.165, 1.54) is 5.56 Å². The summed E-state index contributed by atoms with van der Waals surface area (Å²) < 4.78 is 5.26. The minimum Gasteiger partial charge on any atom is -0.504 e. The highest BCUT2D eigenvalue weighted by Gasteiger charge is 2.14. The second-order valence-corrected chi connectivity index (χ2v) is 5.59. The molecule has 2 rings (SSSR count). The van der Waals surface area contributed by atoms with Gasteiger partial charge in [0.05, 0.1) is 7.11 Å². The maximum absolute atomic E-state index is 10.4. The van der Waals surface area contributed by atoms with Gasteiger partial charge >= 0.3 is 0 Å². The van der Waals surface area contributed by atoms with Gasteiger partial charge in [0.15, 0.2) is 11.5 Å². The van der Waals surface area contributed by atoms with Crippen molar-refractivity contribution in [3.8, 4) is 22.6 Å². The van der Waals surface area contributed by atoms with E-state index in [4.69, 9.17) is 4.74 Å². The third kappa shape index (κ3) is 2.64. The van der Waals surface area contributed by atoms with Crippen LogP contribution >= 0.6 is 0 Å². The van der Waals surface area contributed by atoms with E-state index in [-0.39, 0.29) is 5.75 Å². The Morgan fingerprint density at radius 2 is 1.70 bits per heavy atom. The van der Waals surface area contributed by atoms with Crippen LogP contribution in [0.2, 0.25) is 0 Å². The van der Waals surface area contributed by atoms with E-state index in [2.05, 4.69) is 39.0 Å². The summed E-state index contributed by atoms with van der Waals surface area (Å²) in [5.41, 5.74) is 5.39. The zero-order valence-corrected chi connectivity index (χ0v) is 12.8. The SMILES string of the molecule is COc1cc(C)cc(-c2cc(C(C)C)ccc2C)c1O.